The molecule has 0 saturated carbocycles. The van der Waals surface area contributed by atoms with Crippen molar-refractivity contribution >= 4 is 35.8 Å². The zero-order valence-electron chi connectivity index (χ0n) is 11.4. The van der Waals surface area contributed by atoms with Crippen molar-refractivity contribution < 1.29 is 4.79 Å². The molecular formula is C13H20IN5O. The minimum atomic E-state index is -0.135. The Morgan fingerprint density at radius 1 is 1.40 bits per heavy atom. The van der Waals surface area contributed by atoms with Gasteiger partial charge in [-0.2, -0.15) is 0 Å². The molecule has 0 bridgehead atoms. The second kappa shape index (κ2) is 11.2. The average Bonchev–Trinajstić information content (AvgIpc) is 2.47. The predicted molar refractivity (Wildman–Crippen MR) is 91.5 cm³/mol. The molecule has 0 unspecified atom stereocenters. The minimum absolute atomic E-state index is 0. The van der Waals surface area contributed by atoms with Crippen LogP contribution in [0.4, 0.5) is 0 Å². The first-order valence-electron chi connectivity index (χ1n) is 6.01. The number of halogens is 1. The lowest BCUT2D eigenvalue weighted by atomic mass is 10.3. The predicted octanol–water partition coefficient (Wildman–Crippen LogP) is 0.780. The van der Waals surface area contributed by atoms with Gasteiger partial charge < -0.3 is 16.0 Å². The van der Waals surface area contributed by atoms with Gasteiger partial charge in [-0.1, -0.05) is 6.08 Å². The van der Waals surface area contributed by atoms with Crippen molar-refractivity contribution in [2.75, 3.05) is 26.7 Å². The van der Waals surface area contributed by atoms with E-state index in [0.29, 0.717) is 31.2 Å². The fraction of sp³-hybridized carbons (Fsp3) is 0.308. The summed E-state index contributed by atoms with van der Waals surface area (Å²) in [6.45, 7) is 5.34. The summed E-state index contributed by atoms with van der Waals surface area (Å²) in [6.07, 6.45) is 4.91. The molecule has 110 valence electrons. The molecule has 1 heterocycles. The number of hydrogen-bond donors (Lipinski definition) is 3. The Labute approximate surface area is 136 Å². The average molecular weight is 389 g/mol. The van der Waals surface area contributed by atoms with Gasteiger partial charge in [-0.05, 0) is 12.1 Å². The molecule has 1 amide bonds. The Bertz CT molecular complexity index is 436. The lowest BCUT2D eigenvalue weighted by molar-refractivity contribution is 0.0954. The monoisotopic (exact) mass is 389 g/mol. The first kappa shape index (κ1) is 18.4. The van der Waals surface area contributed by atoms with Crippen LogP contribution in [-0.2, 0) is 0 Å². The molecular weight excluding hydrogens is 369 g/mol. The van der Waals surface area contributed by atoms with Gasteiger partial charge in [0.1, 0.15) is 0 Å². The molecule has 3 N–H and O–H groups in total. The number of nitrogens with one attached hydrogen (secondary N) is 3. The Kier molecular flexibility index (Phi) is 10.3. The van der Waals surface area contributed by atoms with E-state index < -0.39 is 0 Å². The number of amides is 1. The number of carbonyl (C=O) groups excluding carboxylic acids is 1. The number of aliphatic imine (C=N–C) groups is 1. The van der Waals surface area contributed by atoms with E-state index in [1.54, 1.807) is 31.5 Å². The lowest BCUT2D eigenvalue weighted by Gasteiger charge is -2.10. The van der Waals surface area contributed by atoms with E-state index in [0.717, 1.165) is 0 Å². The van der Waals surface area contributed by atoms with E-state index >= 15 is 0 Å². The van der Waals surface area contributed by atoms with Crippen LogP contribution in [0, 0.1) is 0 Å². The van der Waals surface area contributed by atoms with Crippen molar-refractivity contribution in [3.8, 4) is 0 Å². The molecule has 1 aromatic rings. The molecule has 0 aliphatic heterocycles. The topological polar surface area (TPSA) is 78.4 Å². The second-order valence-corrected chi connectivity index (χ2v) is 3.67. The molecule has 1 aromatic heterocycles. The van der Waals surface area contributed by atoms with Gasteiger partial charge in [0.2, 0.25) is 0 Å². The van der Waals surface area contributed by atoms with Gasteiger partial charge in [-0.15, -0.1) is 30.6 Å². The summed E-state index contributed by atoms with van der Waals surface area (Å²) in [5, 5.41) is 8.90. The zero-order chi connectivity index (χ0) is 13.9. The summed E-state index contributed by atoms with van der Waals surface area (Å²) in [7, 11) is 1.69. The number of nitrogens with zero attached hydrogens (tertiary/aromatic N) is 2. The van der Waals surface area contributed by atoms with Crippen molar-refractivity contribution in [3.05, 3.63) is 42.7 Å². The summed E-state index contributed by atoms with van der Waals surface area (Å²) >= 11 is 0. The molecule has 0 saturated heterocycles. The fourth-order valence-electron chi connectivity index (χ4n) is 1.35. The van der Waals surface area contributed by atoms with E-state index in [-0.39, 0.29) is 29.9 Å². The van der Waals surface area contributed by atoms with Crippen molar-refractivity contribution in [1.82, 2.24) is 20.9 Å². The largest absolute Gasteiger partial charge is 0.355 e. The summed E-state index contributed by atoms with van der Waals surface area (Å²) in [4.78, 5) is 19.6. The van der Waals surface area contributed by atoms with Crippen LogP contribution in [0.2, 0.25) is 0 Å². The molecule has 0 aliphatic rings. The number of hydrogen-bond acceptors (Lipinski definition) is 3. The molecule has 0 spiro atoms. The first-order chi connectivity index (χ1) is 9.27. The molecule has 0 aliphatic carbocycles. The Balaban J connectivity index is 0.00000361. The van der Waals surface area contributed by atoms with Crippen LogP contribution in [0.1, 0.15) is 10.4 Å². The Morgan fingerprint density at radius 3 is 2.75 bits per heavy atom. The van der Waals surface area contributed by atoms with Crippen LogP contribution in [0.25, 0.3) is 0 Å². The van der Waals surface area contributed by atoms with E-state index in [1.807, 2.05) is 0 Å². The second-order valence-electron chi connectivity index (χ2n) is 3.67. The number of carbonyl (C=O) groups is 1. The third kappa shape index (κ3) is 7.07. The summed E-state index contributed by atoms with van der Waals surface area (Å²) in [5.74, 6) is 0.541. The quantitative estimate of drug-likeness (QED) is 0.221. The minimum Gasteiger partial charge on any atom is -0.355 e. The molecule has 7 heteroatoms. The maximum absolute atomic E-state index is 11.7. The Hall–Kier alpha value is -1.64. The summed E-state index contributed by atoms with van der Waals surface area (Å²) in [6, 6.07) is 3.45. The molecule has 0 radical (unpaired) electrons. The van der Waals surface area contributed by atoms with E-state index in [9.17, 15) is 4.79 Å². The molecule has 0 fully saturated rings. The van der Waals surface area contributed by atoms with Crippen LogP contribution in [0.3, 0.4) is 0 Å². The molecule has 1 rings (SSSR count). The number of aromatic nitrogens is 1. The van der Waals surface area contributed by atoms with Gasteiger partial charge >= 0.3 is 0 Å². The van der Waals surface area contributed by atoms with Crippen LogP contribution in [0.15, 0.2) is 42.2 Å². The van der Waals surface area contributed by atoms with Crippen LogP contribution in [0.5, 0.6) is 0 Å². The highest BCUT2D eigenvalue weighted by molar-refractivity contribution is 14.0. The standard InChI is InChI=1S/C13H19N5O.HI/c1-3-6-17-13(14-2)18-9-8-16-12(19)11-5-4-7-15-10-11;/h3-5,7,10H,1,6,8-9H2,2H3,(H,16,19)(H2,14,17,18);1H. The normalized spacial score (nSPS) is 10.2. The van der Waals surface area contributed by atoms with E-state index in [1.165, 1.54) is 6.20 Å². The third-order valence-corrected chi connectivity index (χ3v) is 2.26. The highest BCUT2D eigenvalue weighted by Crippen LogP contribution is 1.93. The van der Waals surface area contributed by atoms with Gasteiger partial charge in [-0.25, -0.2) is 0 Å². The summed E-state index contributed by atoms with van der Waals surface area (Å²) < 4.78 is 0. The summed E-state index contributed by atoms with van der Waals surface area (Å²) in [5.41, 5.74) is 0.552. The van der Waals surface area contributed by atoms with Gasteiger partial charge in [0.05, 0.1) is 5.56 Å². The zero-order valence-corrected chi connectivity index (χ0v) is 13.8. The number of rotatable bonds is 6. The molecule has 20 heavy (non-hydrogen) atoms. The maximum atomic E-state index is 11.7. The number of guanidine groups is 1. The highest BCUT2D eigenvalue weighted by Gasteiger charge is 2.03. The molecule has 0 atom stereocenters. The van der Waals surface area contributed by atoms with E-state index in [2.05, 4.69) is 32.5 Å². The third-order valence-electron chi connectivity index (χ3n) is 2.26. The van der Waals surface area contributed by atoms with Crippen molar-refractivity contribution in [2.24, 2.45) is 4.99 Å². The van der Waals surface area contributed by atoms with Crippen molar-refractivity contribution in [1.29, 1.82) is 0 Å². The van der Waals surface area contributed by atoms with Crippen molar-refractivity contribution in [3.63, 3.8) is 0 Å². The van der Waals surface area contributed by atoms with Crippen LogP contribution in [-0.4, -0.2) is 43.5 Å². The fourth-order valence-corrected chi connectivity index (χ4v) is 1.35. The lowest BCUT2D eigenvalue weighted by Crippen LogP contribution is -2.41. The van der Waals surface area contributed by atoms with Gasteiger partial charge in [-0.3, -0.25) is 14.8 Å². The van der Waals surface area contributed by atoms with Gasteiger partial charge in [0, 0.05) is 39.1 Å². The number of pyridine rings is 1. The maximum Gasteiger partial charge on any atom is 0.252 e. The van der Waals surface area contributed by atoms with Crippen LogP contribution < -0.4 is 16.0 Å². The van der Waals surface area contributed by atoms with Gasteiger partial charge in [0.15, 0.2) is 5.96 Å². The first-order valence-corrected chi connectivity index (χ1v) is 6.01. The van der Waals surface area contributed by atoms with Gasteiger partial charge in [0.25, 0.3) is 5.91 Å². The SMILES string of the molecule is C=CCNC(=NC)NCCNC(=O)c1cccnc1.I. The van der Waals surface area contributed by atoms with Crippen LogP contribution >= 0.6 is 24.0 Å². The van der Waals surface area contributed by atoms with Crippen molar-refractivity contribution in [2.45, 2.75) is 0 Å². The molecule has 0 aromatic carbocycles. The Morgan fingerprint density at radius 2 is 2.15 bits per heavy atom. The highest BCUT2D eigenvalue weighted by atomic mass is 127. The van der Waals surface area contributed by atoms with E-state index in [4.69, 9.17) is 0 Å². The smallest absolute Gasteiger partial charge is 0.252 e. The molecule has 6 nitrogen and oxygen atoms in total.